The number of urea groups is 1. The summed E-state index contributed by atoms with van der Waals surface area (Å²) in [6.45, 7) is 3.33. The minimum atomic E-state index is -0.614. The second-order valence-corrected chi connectivity index (χ2v) is 3.68. The van der Waals surface area contributed by atoms with Crippen molar-refractivity contribution < 1.29 is 9.59 Å². The lowest BCUT2D eigenvalue weighted by Gasteiger charge is -2.32. The molecule has 0 atom stereocenters. The Morgan fingerprint density at radius 3 is 2.40 bits per heavy atom. The van der Waals surface area contributed by atoms with E-state index in [0.29, 0.717) is 0 Å². The summed E-state index contributed by atoms with van der Waals surface area (Å²) in [4.78, 5) is 22.2. The van der Waals surface area contributed by atoms with E-state index in [1.165, 1.54) is 11.4 Å². The highest BCUT2D eigenvalue weighted by Gasteiger charge is 2.24. The molecule has 1 rings (SSSR count). The molecule has 0 radical (unpaired) electrons. The van der Waals surface area contributed by atoms with Crippen molar-refractivity contribution in [2.24, 2.45) is 5.73 Å². The second kappa shape index (κ2) is 5.38. The van der Waals surface area contributed by atoms with Gasteiger partial charge >= 0.3 is 6.03 Å². The number of hydrogen-bond acceptors (Lipinski definition) is 2. The van der Waals surface area contributed by atoms with Gasteiger partial charge in [0.15, 0.2) is 0 Å². The van der Waals surface area contributed by atoms with Crippen LogP contribution in [0.15, 0.2) is 12.7 Å². The fraction of sp³-hybridized carbons (Fsp3) is 0.600. The zero-order valence-corrected chi connectivity index (χ0v) is 8.74. The van der Waals surface area contributed by atoms with E-state index < -0.39 is 11.9 Å². The molecule has 0 aromatic heterocycles. The van der Waals surface area contributed by atoms with Gasteiger partial charge in [-0.3, -0.25) is 10.2 Å². The van der Waals surface area contributed by atoms with Crippen molar-refractivity contribution >= 4 is 11.9 Å². The summed E-state index contributed by atoms with van der Waals surface area (Å²) in [6, 6.07) is -0.586. The van der Waals surface area contributed by atoms with Crippen molar-refractivity contribution in [2.75, 3.05) is 0 Å². The minimum absolute atomic E-state index is 0.0279. The maximum Gasteiger partial charge on any atom is 0.333 e. The monoisotopic (exact) mass is 211 g/mol. The summed E-state index contributed by atoms with van der Waals surface area (Å²) in [7, 11) is 0. The van der Waals surface area contributed by atoms with Gasteiger partial charge in [-0.25, -0.2) is 9.80 Å². The molecule has 0 heterocycles. The fourth-order valence-corrected chi connectivity index (χ4v) is 1.83. The molecule has 0 unspecified atom stereocenters. The van der Waals surface area contributed by atoms with Gasteiger partial charge in [0.2, 0.25) is 0 Å². The van der Waals surface area contributed by atoms with E-state index in [0.717, 1.165) is 31.8 Å². The highest BCUT2D eigenvalue weighted by molar-refractivity contribution is 5.88. The van der Waals surface area contributed by atoms with Crippen LogP contribution in [0.5, 0.6) is 0 Å². The maximum atomic E-state index is 11.1. The van der Waals surface area contributed by atoms with Crippen molar-refractivity contribution in [1.29, 1.82) is 0 Å². The summed E-state index contributed by atoms with van der Waals surface area (Å²) in [5.74, 6) is -0.403. The van der Waals surface area contributed by atoms with Crippen LogP contribution < -0.4 is 11.2 Å². The number of hydrogen-bond donors (Lipinski definition) is 2. The highest BCUT2D eigenvalue weighted by atomic mass is 16.2. The lowest BCUT2D eigenvalue weighted by molar-refractivity contribution is -0.120. The Balaban J connectivity index is 2.59. The van der Waals surface area contributed by atoms with Gasteiger partial charge in [0, 0.05) is 0 Å². The number of nitrogens with one attached hydrogen (secondary N) is 1. The highest BCUT2D eigenvalue weighted by Crippen LogP contribution is 2.21. The summed E-state index contributed by atoms with van der Waals surface area (Å²) in [5.41, 5.74) is 7.65. The number of nitrogens with zero attached hydrogens (tertiary/aromatic N) is 1. The summed E-state index contributed by atoms with van der Waals surface area (Å²) in [5, 5.41) is 1.23. The van der Waals surface area contributed by atoms with Crippen LogP contribution in [-0.4, -0.2) is 23.0 Å². The van der Waals surface area contributed by atoms with E-state index >= 15 is 0 Å². The topological polar surface area (TPSA) is 75.4 Å². The third kappa shape index (κ3) is 3.27. The standard InChI is InChI=1S/C10H17N3O2/c1-2-9(14)12-13(10(11)15)8-6-4-3-5-7-8/h2,8H,1,3-7H2,(H2,11,15)(H,12,14). The zero-order chi connectivity index (χ0) is 11.3. The molecule has 0 aromatic rings. The minimum Gasteiger partial charge on any atom is -0.350 e. The molecule has 84 valence electrons. The molecule has 0 bridgehead atoms. The van der Waals surface area contributed by atoms with E-state index in [-0.39, 0.29) is 6.04 Å². The van der Waals surface area contributed by atoms with E-state index in [1.54, 1.807) is 0 Å². The third-order valence-corrected chi connectivity index (χ3v) is 2.59. The molecule has 1 fully saturated rings. The third-order valence-electron chi connectivity index (χ3n) is 2.59. The van der Waals surface area contributed by atoms with Crippen LogP contribution in [0, 0.1) is 0 Å². The lowest BCUT2D eigenvalue weighted by Crippen LogP contribution is -2.54. The Kier molecular flexibility index (Phi) is 4.15. The quantitative estimate of drug-likeness (QED) is 0.526. The normalized spacial score (nSPS) is 16.8. The van der Waals surface area contributed by atoms with Gasteiger partial charge in [-0.2, -0.15) is 0 Å². The van der Waals surface area contributed by atoms with Gasteiger partial charge in [0.1, 0.15) is 0 Å². The maximum absolute atomic E-state index is 11.1. The molecule has 5 heteroatoms. The molecule has 3 N–H and O–H groups in total. The van der Waals surface area contributed by atoms with Crippen molar-refractivity contribution in [3.05, 3.63) is 12.7 Å². The molecule has 1 saturated carbocycles. The van der Waals surface area contributed by atoms with Crippen molar-refractivity contribution in [3.63, 3.8) is 0 Å². The first kappa shape index (κ1) is 11.6. The molecular weight excluding hydrogens is 194 g/mol. The smallest absolute Gasteiger partial charge is 0.333 e. The van der Waals surface area contributed by atoms with Crippen LogP contribution in [0.3, 0.4) is 0 Å². The number of amides is 3. The van der Waals surface area contributed by atoms with E-state index in [2.05, 4.69) is 12.0 Å². The largest absolute Gasteiger partial charge is 0.350 e. The van der Waals surface area contributed by atoms with Crippen LogP contribution in [0.1, 0.15) is 32.1 Å². The molecule has 3 amide bonds. The fourth-order valence-electron chi connectivity index (χ4n) is 1.83. The average molecular weight is 211 g/mol. The molecule has 1 aliphatic carbocycles. The number of nitrogens with two attached hydrogens (primary N) is 1. The predicted molar refractivity (Wildman–Crippen MR) is 56.6 cm³/mol. The van der Waals surface area contributed by atoms with Crippen molar-refractivity contribution in [1.82, 2.24) is 10.4 Å². The molecule has 15 heavy (non-hydrogen) atoms. The molecular formula is C10H17N3O2. The lowest BCUT2D eigenvalue weighted by atomic mass is 9.95. The first-order chi connectivity index (χ1) is 7.15. The van der Waals surface area contributed by atoms with Crippen LogP contribution in [-0.2, 0) is 4.79 Å². The van der Waals surface area contributed by atoms with Gasteiger partial charge in [0.25, 0.3) is 5.91 Å². The first-order valence-electron chi connectivity index (χ1n) is 5.17. The molecule has 0 aliphatic heterocycles. The Hall–Kier alpha value is -1.52. The average Bonchev–Trinajstić information content (AvgIpc) is 2.26. The number of carbonyl (C=O) groups excluding carboxylic acids is 2. The predicted octanol–water partition coefficient (Wildman–Crippen LogP) is 0.917. The number of primary amides is 1. The number of rotatable bonds is 2. The summed E-state index contributed by atoms with van der Waals surface area (Å²) in [6.07, 6.45) is 6.22. The van der Waals surface area contributed by atoms with E-state index in [1.807, 2.05) is 0 Å². The molecule has 1 aliphatic rings. The Morgan fingerprint density at radius 2 is 1.93 bits per heavy atom. The SMILES string of the molecule is C=CC(=O)NN(C(N)=O)C1CCCCC1. The molecule has 0 spiro atoms. The van der Waals surface area contributed by atoms with Crippen LogP contribution in [0.25, 0.3) is 0 Å². The molecule has 0 saturated heterocycles. The Bertz CT molecular complexity index is 259. The molecule has 0 aromatic carbocycles. The summed E-state index contributed by atoms with van der Waals surface area (Å²) < 4.78 is 0. The first-order valence-corrected chi connectivity index (χ1v) is 5.17. The Morgan fingerprint density at radius 1 is 1.33 bits per heavy atom. The van der Waals surface area contributed by atoms with Gasteiger partial charge in [-0.05, 0) is 18.9 Å². The van der Waals surface area contributed by atoms with Crippen LogP contribution >= 0.6 is 0 Å². The summed E-state index contributed by atoms with van der Waals surface area (Å²) >= 11 is 0. The van der Waals surface area contributed by atoms with Crippen LogP contribution in [0.2, 0.25) is 0 Å². The van der Waals surface area contributed by atoms with Crippen molar-refractivity contribution in [3.8, 4) is 0 Å². The van der Waals surface area contributed by atoms with Gasteiger partial charge in [-0.1, -0.05) is 25.8 Å². The Labute approximate surface area is 89.3 Å². The zero-order valence-electron chi connectivity index (χ0n) is 8.74. The van der Waals surface area contributed by atoms with E-state index in [9.17, 15) is 9.59 Å². The van der Waals surface area contributed by atoms with Crippen LogP contribution in [0.4, 0.5) is 4.79 Å². The second-order valence-electron chi connectivity index (χ2n) is 3.68. The number of hydrazine groups is 1. The molecule has 5 nitrogen and oxygen atoms in total. The van der Waals surface area contributed by atoms with Gasteiger partial charge in [-0.15, -0.1) is 0 Å². The number of carbonyl (C=O) groups is 2. The van der Waals surface area contributed by atoms with Crippen molar-refractivity contribution in [2.45, 2.75) is 38.1 Å². The van der Waals surface area contributed by atoms with Gasteiger partial charge < -0.3 is 5.73 Å². The van der Waals surface area contributed by atoms with E-state index in [4.69, 9.17) is 5.73 Å². The van der Waals surface area contributed by atoms with Gasteiger partial charge in [0.05, 0.1) is 6.04 Å².